The Morgan fingerprint density at radius 2 is 1.95 bits per heavy atom. The molecule has 3 unspecified atom stereocenters. The molecule has 3 N–H and O–H groups in total. The SMILES string of the molecule is CCC(CNC(=O)C(N)C(C)CC)Oc1ccccc1F.Cl. The first-order valence-corrected chi connectivity index (χ1v) is 7.44. The van der Waals surface area contributed by atoms with Gasteiger partial charge in [-0.15, -0.1) is 12.4 Å². The molecule has 0 aromatic heterocycles. The van der Waals surface area contributed by atoms with Gasteiger partial charge in [-0.3, -0.25) is 4.79 Å². The van der Waals surface area contributed by atoms with Crippen molar-refractivity contribution in [2.45, 2.75) is 45.8 Å². The molecule has 6 heteroatoms. The number of carbonyl (C=O) groups excluding carboxylic acids is 1. The van der Waals surface area contributed by atoms with E-state index in [-0.39, 0.29) is 36.1 Å². The molecule has 126 valence electrons. The molecule has 1 amide bonds. The zero-order chi connectivity index (χ0) is 15.8. The second-order valence-electron chi connectivity index (χ2n) is 5.23. The van der Waals surface area contributed by atoms with Crippen LogP contribution in [0.1, 0.15) is 33.6 Å². The number of halogens is 2. The second-order valence-corrected chi connectivity index (χ2v) is 5.23. The Labute approximate surface area is 138 Å². The Hall–Kier alpha value is -1.33. The first kappa shape index (κ1) is 20.7. The van der Waals surface area contributed by atoms with E-state index in [9.17, 15) is 9.18 Å². The molecule has 0 saturated heterocycles. The topological polar surface area (TPSA) is 64.4 Å². The molecule has 4 nitrogen and oxygen atoms in total. The summed E-state index contributed by atoms with van der Waals surface area (Å²) < 4.78 is 19.1. The smallest absolute Gasteiger partial charge is 0.237 e. The minimum atomic E-state index is -0.527. The van der Waals surface area contributed by atoms with Crippen LogP contribution in [-0.4, -0.2) is 24.6 Å². The van der Waals surface area contributed by atoms with E-state index in [4.69, 9.17) is 10.5 Å². The standard InChI is InChI=1S/C16H25FN2O2.ClH/c1-4-11(3)15(18)16(20)19-10-12(5-2)21-14-9-7-6-8-13(14)17;/h6-9,11-12,15H,4-5,10,18H2,1-3H3,(H,19,20);1H. The fraction of sp³-hybridized carbons (Fsp3) is 0.562. The Bertz CT molecular complexity index is 460. The minimum absolute atomic E-state index is 0. The molecular weight excluding hydrogens is 307 g/mol. The minimum Gasteiger partial charge on any atom is -0.486 e. The highest BCUT2D eigenvalue weighted by atomic mass is 35.5. The number of hydrogen-bond acceptors (Lipinski definition) is 3. The summed E-state index contributed by atoms with van der Waals surface area (Å²) in [4.78, 5) is 11.9. The van der Waals surface area contributed by atoms with Crippen LogP contribution in [0.25, 0.3) is 0 Å². The Balaban J connectivity index is 0.00000441. The molecule has 0 heterocycles. The van der Waals surface area contributed by atoms with E-state index in [1.165, 1.54) is 6.07 Å². The number of nitrogens with one attached hydrogen (secondary N) is 1. The van der Waals surface area contributed by atoms with Crippen molar-refractivity contribution in [2.75, 3.05) is 6.54 Å². The Morgan fingerprint density at radius 1 is 1.32 bits per heavy atom. The molecular formula is C16H26ClFN2O2. The molecule has 0 spiro atoms. The van der Waals surface area contributed by atoms with Crippen molar-refractivity contribution in [1.29, 1.82) is 0 Å². The second kappa shape index (κ2) is 10.4. The number of rotatable bonds is 8. The lowest BCUT2D eigenvalue weighted by molar-refractivity contribution is -0.123. The number of amides is 1. The van der Waals surface area contributed by atoms with Crippen molar-refractivity contribution in [3.05, 3.63) is 30.1 Å². The van der Waals surface area contributed by atoms with Crippen LogP contribution in [0.15, 0.2) is 24.3 Å². The fourth-order valence-corrected chi connectivity index (χ4v) is 1.83. The van der Waals surface area contributed by atoms with Gasteiger partial charge in [0.1, 0.15) is 6.10 Å². The summed E-state index contributed by atoms with van der Waals surface area (Å²) >= 11 is 0. The molecule has 0 radical (unpaired) electrons. The first-order valence-electron chi connectivity index (χ1n) is 7.44. The largest absolute Gasteiger partial charge is 0.486 e. The van der Waals surface area contributed by atoms with Gasteiger partial charge < -0.3 is 15.8 Å². The van der Waals surface area contributed by atoms with E-state index >= 15 is 0 Å². The Kier molecular flexibility index (Phi) is 9.78. The van der Waals surface area contributed by atoms with Gasteiger partial charge in [-0.2, -0.15) is 0 Å². The van der Waals surface area contributed by atoms with Gasteiger partial charge in [-0.1, -0.05) is 39.3 Å². The van der Waals surface area contributed by atoms with Gasteiger partial charge >= 0.3 is 0 Å². The zero-order valence-electron chi connectivity index (χ0n) is 13.3. The number of nitrogens with two attached hydrogens (primary N) is 1. The summed E-state index contributed by atoms with van der Waals surface area (Å²) in [5.41, 5.74) is 5.86. The third-order valence-electron chi connectivity index (χ3n) is 3.65. The van der Waals surface area contributed by atoms with Crippen molar-refractivity contribution in [1.82, 2.24) is 5.32 Å². The number of benzene rings is 1. The van der Waals surface area contributed by atoms with Crippen molar-refractivity contribution < 1.29 is 13.9 Å². The first-order chi connectivity index (χ1) is 9.99. The highest BCUT2D eigenvalue weighted by molar-refractivity contribution is 5.85. The van der Waals surface area contributed by atoms with Crippen LogP contribution in [0, 0.1) is 11.7 Å². The molecule has 0 aliphatic carbocycles. The summed E-state index contributed by atoms with van der Waals surface area (Å²) in [7, 11) is 0. The lowest BCUT2D eigenvalue weighted by Gasteiger charge is -2.21. The number of hydrogen-bond donors (Lipinski definition) is 2. The molecule has 0 saturated carbocycles. The van der Waals surface area contributed by atoms with Gasteiger partial charge in [0.25, 0.3) is 0 Å². The zero-order valence-corrected chi connectivity index (χ0v) is 14.2. The summed E-state index contributed by atoms with van der Waals surface area (Å²) in [5, 5.41) is 2.78. The summed E-state index contributed by atoms with van der Waals surface area (Å²) in [6.07, 6.45) is 1.22. The van der Waals surface area contributed by atoms with Gasteiger partial charge in [0.15, 0.2) is 11.6 Å². The highest BCUT2D eigenvalue weighted by Gasteiger charge is 2.20. The normalized spacial score (nSPS) is 14.4. The van der Waals surface area contributed by atoms with Crippen molar-refractivity contribution in [3.8, 4) is 5.75 Å². The van der Waals surface area contributed by atoms with Crippen LogP contribution in [0.4, 0.5) is 4.39 Å². The lowest BCUT2D eigenvalue weighted by atomic mass is 9.99. The molecule has 22 heavy (non-hydrogen) atoms. The van der Waals surface area contributed by atoms with Gasteiger partial charge in [-0.05, 0) is 24.5 Å². The van der Waals surface area contributed by atoms with Crippen LogP contribution < -0.4 is 15.8 Å². The van der Waals surface area contributed by atoms with E-state index in [0.29, 0.717) is 13.0 Å². The van der Waals surface area contributed by atoms with Crippen LogP contribution in [-0.2, 0) is 4.79 Å². The van der Waals surface area contributed by atoms with Gasteiger partial charge in [0.2, 0.25) is 5.91 Å². The lowest BCUT2D eigenvalue weighted by Crippen LogP contribution is -2.47. The third-order valence-corrected chi connectivity index (χ3v) is 3.65. The summed E-state index contributed by atoms with van der Waals surface area (Å²) in [5.74, 6) is -0.277. The molecule has 1 aromatic carbocycles. The summed E-state index contributed by atoms with van der Waals surface area (Å²) in [6, 6.07) is 5.71. The van der Waals surface area contributed by atoms with Crippen LogP contribution in [0.2, 0.25) is 0 Å². The van der Waals surface area contributed by atoms with Gasteiger partial charge in [0, 0.05) is 0 Å². The molecule has 0 aliphatic rings. The van der Waals surface area contributed by atoms with E-state index in [2.05, 4.69) is 5.32 Å². The number of ether oxygens (including phenoxy) is 1. The van der Waals surface area contributed by atoms with E-state index in [0.717, 1.165) is 6.42 Å². The van der Waals surface area contributed by atoms with Gasteiger partial charge in [0.05, 0.1) is 12.6 Å². The third kappa shape index (κ3) is 6.20. The monoisotopic (exact) mass is 332 g/mol. The molecule has 0 bridgehead atoms. The maximum Gasteiger partial charge on any atom is 0.237 e. The molecule has 1 rings (SSSR count). The predicted octanol–water partition coefficient (Wildman–Crippen LogP) is 2.89. The van der Waals surface area contributed by atoms with E-state index in [1.54, 1.807) is 18.2 Å². The molecule has 1 aromatic rings. The quantitative estimate of drug-likeness (QED) is 0.769. The van der Waals surface area contributed by atoms with Crippen LogP contribution in [0.5, 0.6) is 5.75 Å². The number of para-hydroxylation sites is 1. The van der Waals surface area contributed by atoms with Crippen LogP contribution in [0.3, 0.4) is 0 Å². The Morgan fingerprint density at radius 3 is 2.50 bits per heavy atom. The van der Waals surface area contributed by atoms with Crippen molar-refractivity contribution in [2.24, 2.45) is 11.7 Å². The molecule has 0 aliphatic heterocycles. The highest BCUT2D eigenvalue weighted by Crippen LogP contribution is 2.17. The molecule has 0 fully saturated rings. The van der Waals surface area contributed by atoms with Gasteiger partial charge in [-0.25, -0.2) is 4.39 Å². The van der Waals surface area contributed by atoms with Crippen molar-refractivity contribution >= 4 is 18.3 Å². The number of carbonyl (C=O) groups is 1. The maximum atomic E-state index is 13.5. The predicted molar refractivity (Wildman–Crippen MR) is 88.8 cm³/mol. The average Bonchev–Trinajstić information content (AvgIpc) is 2.51. The van der Waals surface area contributed by atoms with Crippen LogP contribution >= 0.6 is 12.4 Å². The summed E-state index contributed by atoms with van der Waals surface area (Å²) in [6.45, 7) is 6.17. The molecule has 3 atom stereocenters. The van der Waals surface area contributed by atoms with E-state index < -0.39 is 11.9 Å². The average molecular weight is 333 g/mol. The fourth-order valence-electron chi connectivity index (χ4n) is 1.83. The van der Waals surface area contributed by atoms with E-state index in [1.807, 2.05) is 20.8 Å². The maximum absolute atomic E-state index is 13.5. The van der Waals surface area contributed by atoms with Crippen molar-refractivity contribution in [3.63, 3.8) is 0 Å².